The highest BCUT2D eigenvalue weighted by Crippen LogP contribution is 2.26. The zero-order valence-electron chi connectivity index (χ0n) is 18.8. The van der Waals surface area contributed by atoms with E-state index in [0.717, 1.165) is 76.3 Å². The van der Waals surface area contributed by atoms with Crippen LogP contribution in [0.25, 0.3) is 0 Å². The maximum Gasteiger partial charge on any atom is 0.253 e. The normalized spacial score (nSPS) is 27.9. The molecular formula is C24H37N5O2. The second-order valence-electron chi connectivity index (χ2n) is 10.00. The van der Waals surface area contributed by atoms with Crippen molar-refractivity contribution in [2.45, 2.75) is 76.3 Å². The highest BCUT2D eigenvalue weighted by atomic mass is 16.2. The molecule has 5 rings (SSSR count). The SMILES string of the molecule is O=C(CN1CCN2CCCCC2C1)N1CCCC(c2cc(=O)n3c(n2)CCCCC3)C1. The van der Waals surface area contributed by atoms with Crippen LogP contribution in [0.5, 0.6) is 0 Å². The summed E-state index contributed by atoms with van der Waals surface area (Å²) in [6.07, 6.45) is 10.2. The third kappa shape index (κ3) is 4.72. The van der Waals surface area contributed by atoms with E-state index in [-0.39, 0.29) is 17.4 Å². The van der Waals surface area contributed by atoms with Crippen LogP contribution >= 0.6 is 0 Å². The average Bonchev–Trinajstić information content (AvgIpc) is 3.05. The number of carbonyl (C=O) groups is 1. The molecule has 7 heteroatoms. The van der Waals surface area contributed by atoms with Crippen LogP contribution in [0.15, 0.2) is 10.9 Å². The number of amides is 1. The van der Waals surface area contributed by atoms with Crippen molar-refractivity contribution >= 4 is 5.91 Å². The van der Waals surface area contributed by atoms with Gasteiger partial charge in [-0.2, -0.15) is 0 Å². The maximum atomic E-state index is 13.1. The van der Waals surface area contributed by atoms with Gasteiger partial charge in [0.15, 0.2) is 0 Å². The van der Waals surface area contributed by atoms with E-state index >= 15 is 0 Å². The molecule has 0 spiro atoms. The van der Waals surface area contributed by atoms with Crippen LogP contribution in [0.2, 0.25) is 0 Å². The highest BCUT2D eigenvalue weighted by molar-refractivity contribution is 5.78. The predicted molar refractivity (Wildman–Crippen MR) is 120 cm³/mol. The first kappa shape index (κ1) is 21.1. The largest absolute Gasteiger partial charge is 0.341 e. The Morgan fingerprint density at radius 1 is 0.935 bits per heavy atom. The van der Waals surface area contributed by atoms with Crippen LogP contribution in [-0.4, -0.2) is 82.0 Å². The average molecular weight is 428 g/mol. The number of likely N-dealkylation sites (tertiary alicyclic amines) is 1. The molecule has 1 amide bonds. The van der Waals surface area contributed by atoms with E-state index in [0.29, 0.717) is 19.1 Å². The number of nitrogens with zero attached hydrogens (tertiary/aromatic N) is 5. The Bertz CT molecular complexity index is 853. The van der Waals surface area contributed by atoms with Gasteiger partial charge in [-0.25, -0.2) is 4.98 Å². The molecule has 0 aromatic carbocycles. The number of carbonyl (C=O) groups excluding carboxylic acids is 1. The lowest BCUT2D eigenvalue weighted by Gasteiger charge is -2.44. The number of piperidine rings is 2. The van der Waals surface area contributed by atoms with Crippen molar-refractivity contribution in [2.75, 3.05) is 45.8 Å². The van der Waals surface area contributed by atoms with Gasteiger partial charge in [0, 0.05) is 63.7 Å². The Morgan fingerprint density at radius 3 is 2.77 bits per heavy atom. The highest BCUT2D eigenvalue weighted by Gasteiger charge is 2.32. The Morgan fingerprint density at radius 2 is 1.84 bits per heavy atom. The standard InChI is InChI=1S/C24H37N5O2/c30-23-15-21(25-22-9-2-1-4-12-29(22)23)19-7-6-11-28(16-19)24(31)18-26-13-14-27-10-5-3-8-20(27)17-26/h15,19-20H,1-14,16-18H2. The van der Waals surface area contributed by atoms with E-state index in [4.69, 9.17) is 4.98 Å². The van der Waals surface area contributed by atoms with Crippen LogP contribution in [0.1, 0.15) is 68.8 Å². The smallest absolute Gasteiger partial charge is 0.253 e. The molecule has 2 unspecified atom stereocenters. The third-order valence-electron chi connectivity index (χ3n) is 7.86. The van der Waals surface area contributed by atoms with Crippen LogP contribution in [0.4, 0.5) is 0 Å². The van der Waals surface area contributed by atoms with Gasteiger partial charge >= 0.3 is 0 Å². The molecule has 0 radical (unpaired) electrons. The quantitative estimate of drug-likeness (QED) is 0.737. The summed E-state index contributed by atoms with van der Waals surface area (Å²) in [4.78, 5) is 37.8. The first-order valence-corrected chi connectivity index (χ1v) is 12.5. The fourth-order valence-electron chi connectivity index (χ4n) is 6.04. The van der Waals surface area contributed by atoms with Gasteiger partial charge in [-0.1, -0.05) is 12.8 Å². The predicted octanol–water partition coefficient (Wildman–Crippen LogP) is 1.85. The molecule has 170 valence electrons. The summed E-state index contributed by atoms with van der Waals surface area (Å²) < 4.78 is 1.87. The Labute approximate surface area is 185 Å². The number of hydrogen-bond acceptors (Lipinski definition) is 5. The van der Waals surface area contributed by atoms with Gasteiger partial charge in [0.1, 0.15) is 5.82 Å². The van der Waals surface area contributed by atoms with E-state index in [2.05, 4.69) is 9.80 Å². The number of piperazine rings is 1. The summed E-state index contributed by atoms with van der Waals surface area (Å²) in [5, 5.41) is 0. The minimum atomic E-state index is 0.0932. The molecule has 1 aromatic rings. The summed E-state index contributed by atoms with van der Waals surface area (Å²) >= 11 is 0. The van der Waals surface area contributed by atoms with Crippen molar-refractivity contribution in [1.29, 1.82) is 0 Å². The van der Waals surface area contributed by atoms with Gasteiger partial charge in [-0.05, 0) is 45.1 Å². The number of rotatable bonds is 3. The molecule has 4 aliphatic rings. The van der Waals surface area contributed by atoms with Crippen molar-refractivity contribution in [1.82, 2.24) is 24.3 Å². The fraction of sp³-hybridized carbons (Fsp3) is 0.792. The van der Waals surface area contributed by atoms with Gasteiger partial charge in [0.05, 0.1) is 12.2 Å². The van der Waals surface area contributed by atoms with Gasteiger partial charge in [-0.3, -0.25) is 24.0 Å². The molecular weight excluding hydrogens is 390 g/mol. The number of fused-ring (bicyclic) bond motifs is 2. The molecule has 3 saturated heterocycles. The van der Waals surface area contributed by atoms with Crippen LogP contribution in [-0.2, 0) is 17.8 Å². The molecule has 4 aliphatic heterocycles. The van der Waals surface area contributed by atoms with E-state index < -0.39 is 0 Å². The minimum absolute atomic E-state index is 0.0932. The first-order chi connectivity index (χ1) is 15.2. The lowest BCUT2D eigenvalue weighted by Crippen LogP contribution is -2.56. The van der Waals surface area contributed by atoms with E-state index in [1.54, 1.807) is 6.07 Å². The Kier molecular flexibility index (Phi) is 6.41. The fourth-order valence-corrected chi connectivity index (χ4v) is 6.04. The number of hydrogen-bond donors (Lipinski definition) is 0. The molecule has 1 aromatic heterocycles. The topological polar surface area (TPSA) is 61.7 Å². The van der Waals surface area contributed by atoms with Crippen molar-refractivity contribution in [3.8, 4) is 0 Å². The van der Waals surface area contributed by atoms with Gasteiger partial charge < -0.3 is 4.90 Å². The first-order valence-electron chi connectivity index (χ1n) is 12.5. The van der Waals surface area contributed by atoms with Crippen LogP contribution in [0, 0.1) is 0 Å². The second kappa shape index (κ2) is 9.41. The molecule has 2 atom stereocenters. The van der Waals surface area contributed by atoms with Gasteiger partial charge in [0.25, 0.3) is 5.56 Å². The number of aryl methyl sites for hydroxylation is 1. The zero-order chi connectivity index (χ0) is 21.2. The van der Waals surface area contributed by atoms with E-state index in [9.17, 15) is 9.59 Å². The third-order valence-corrected chi connectivity index (χ3v) is 7.86. The summed E-state index contributed by atoms with van der Waals surface area (Å²) in [5.74, 6) is 1.39. The minimum Gasteiger partial charge on any atom is -0.341 e. The number of aromatic nitrogens is 2. The van der Waals surface area contributed by atoms with Crippen molar-refractivity contribution < 1.29 is 4.79 Å². The molecule has 0 aliphatic carbocycles. The maximum absolute atomic E-state index is 13.1. The van der Waals surface area contributed by atoms with Gasteiger partial charge in [-0.15, -0.1) is 0 Å². The molecule has 3 fully saturated rings. The summed E-state index contributed by atoms with van der Waals surface area (Å²) in [6.45, 7) is 7.25. The second-order valence-corrected chi connectivity index (χ2v) is 10.00. The molecule has 31 heavy (non-hydrogen) atoms. The summed E-state index contributed by atoms with van der Waals surface area (Å²) in [5.41, 5.74) is 1.00. The summed E-state index contributed by atoms with van der Waals surface area (Å²) in [7, 11) is 0. The Balaban J connectivity index is 1.22. The summed E-state index contributed by atoms with van der Waals surface area (Å²) in [6, 6.07) is 2.39. The molecule has 0 N–H and O–H groups in total. The molecule has 5 heterocycles. The van der Waals surface area contributed by atoms with E-state index in [1.165, 1.54) is 32.2 Å². The van der Waals surface area contributed by atoms with Crippen LogP contribution in [0.3, 0.4) is 0 Å². The molecule has 7 nitrogen and oxygen atoms in total. The van der Waals surface area contributed by atoms with Crippen molar-refractivity contribution in [3.63, 3.8) is 0 Å². The molecule has 0 saturated carbocycles. The Hall–Kier alpha value is -1.73. The van der Waals surface area contributed by atoms with Gasteiger partial charge in [0.2, 0.25) is 5.91 Å². The van der Waals surface area contributed by atoms with Crippen molar-refractivity contribution in [3.05, 3.63) is 27.9 Å². The van der Waals surface area contributed by atoms with Crippen molar-refractivity contribution in [2.24, 2.45) is 0 Å². The van der Waals surface area contributed by atoms with E-state index in [1.807, 2.05) is 9.47 Å². The monoisotopic (exact) mass is 427 g/mol. The zero-order valence-corrected chi connectivity index (χ0v) is 18.8. The van der Waals surface area contributed by atoms with Crippen LogP contribution < -0.4 is 5.56 Å². The molecule has 0 bridgehead atoms. The lowest BCUT2D eigenvalue weighted by atomic mass is 9.94. The lowest BCUT2D eigenvalue weighted by molar-refractivity contribution is -0.134.